The zero-order chi connectivity index (χ0) is 11.3. The van der Waals surface area contributed by atoms with Crippen molar-refractivity contribution in [3.05, 3.63) is 35.4 Å². The van der Waals surface area contributed by atoms with Gasteiger partial charge in [-0.2, -0.15) is 0 Å². The van der Waals surface area contributed by atoms with E-state index in [1.165, 1.54) is 22.9 Å². The summed E-state index contributed by atoms with van der Waals surface area (Å²) in [6, 6.07) is 8.45. The lowest BCUT2D eigenvalue weighted by molar-refractivity contribution is -0.116. The summed E-state index contributed by atoms with van der Waals surface area (Å²) in [5.74, 6) is 0.522. The molecule has 0 aromatic heterocycles. The van der Waals surface area contributed by atoms with Gasteiger partial charge in [0.1, 0.15) is 4.32 Å². The van der Waals surface area contributed by atoms with E-state index >= 15 is 0 Å². The Kier molecular flexibility index (Phi) is 4.78. The average molecular weight is 239 g/mol. The number of nitrogens with one attached hydrogen (secondary N) is 1. The van der Waals surface area contributed by atoms with Gasteiger partial charge in [-0.25, -0.2) is 0 Å². The first kappa shape index (κ1) is 12.2. The van der Waals surface area contributed by atoms with Crippen molar-refractivity contribution in [2.75, 3.05) is 5.75 Å². The highest BCUT2D eigenvalue weighted by Gasteiger charge is 2.13. The highest BCUT2D eigenvalue weighted by molar-refractivity contribution is 8.24. The second-order valence-electron chi connectivity index (χ2n) is 3.28. The molecule has 0 saturated carbocycles. The molecule has 1 amide bonds. The number of rotatable bonds is 0. The highest BCUT2D eigenvalue weighted by Crippen LogP contribution is 2.07. The van der Waals surface area contributed by atoms with Gasteiger partial charge in [0, 0.05) is 0 Å². The van der Waals surface area contributed by atoms with Crippen LogP contribution in [0, 0.1) is 13.8 Å². The number of thiocarbonyl (C=S) groups is 1. The summed E-state index contributed by atoms with van der Waals surface area (Å²) in [4.78, 5) is 10.2. The predicted octanol–water partition coefficient (Wildman–Crippen LogP) is 2.44. The van der Waals surface area contributed by atoms with E-state index in [1.807, 2.05) is 0 Å². The van der Waals surface area contributed by atoms with Gasteiger partial charge in [-0.1, -0.05) is 59.4 Å². The number of carbonyl (C=O) groups is 1. The Balaban J connectivity index is 0.000000151. The zero-order valence-electron chi connectivity index (χ0n) is 8.74. The summed E-state index contributed by atoms with van der Waals surface area (Å²) < 4.78 is 0.602. The van der Waals surface area contributed by atoms with Gasteiger partial charge in [0.15, 0.2) is 0 Å². The van der Waals surface area contributed by atoms with E-state index < -0.39 is 0 Å². The van der Waals surface area contributed by atoms with Gasteiger partial charge in [0.2, 0.25) is 5.91 Å². The minimum Gasteiger partial charge on any atom is -0.311 e. The van der Waals surface area contributed by atoms with Crippen molar-refractivity contribution < 1.29 is 4.79 Å². The van der Waals surface area contributed by atoms with Crippen LogP contribution < -0.4 is 5.32 Å². The van der Waals surface area contributed by atoms with E-state index in [2.05, 4.69) is 55.6 Å². The third-order valence-electron chi connectivity index (χ3n) is 1.75. The van der Waals surface area contributed by atoms with Gasteiger partial charge >= 0.3 is 0 Å². The molecule has 0 radical (unpaired) electrons. The molecule has 1 aliphatic heterocycles. The van der Waals surface area contributed by atoms with Gasteiger partial charge in [-0.15, -0.1) is 0 Å². The van der Waals surface area contributed by atoms with E-state index in [0.29, 0.717) is 10.1 Å². The molecule has 1 aromatic carbocycles. The van der Waals surface area contributed by atoms with Crippen molar-refractivity contribution in [2.24, 2.45) is 0 Å². The van der Waals surface area contributed by atoms with E-state index in [1.54, 1.807) is 0 Å². The highest BCUT2D eigenvalue weighted by atomic mass is 32.2. The molecule has 1 fully saturated rings. The standard InChI is InChI=1S/C8H10.C3H3NOS2/c1-7-4-3-5-8(2)6-7;5-2-1-7-3(6)4-2/h3-6H,1-2H3;1H2,(H,4,5,6). The van der Waals surface area contributed by atoms with Crippen molar-refractivity contribution in [3.63, 3.8) is 0 Å². The average Bonchev–Trinajstić information content (AvgIpc) is 2.50. The summed E-state index contributed by atoms with van der Waals surface area (Å²) in [5, 5.41) is 2.47. The van der Waals surface area contributed by atoms with Crippen molar-refractivity contribution in [1.29, 1.82) is 0 Å². The van der Waals surface area contributed by atoms with E-state index in [0.717, 1.165) is 0 Å². The lowest BCUT2D eigenvalue weighted by Crippen LogP contribution is -2.18. The number of carbonyl (C=O) groups excluding carboxylic acids is 1. The molecular formula is C11H13NOS2. The minimum atomic E-state index is 0.0231. The molecule has 0 bridgehead atoms. The third-order valence-corrected chi connectivity index (χ3v) is 2.98. The fourth-order valence-corrected chi connectivity index (χ4v) is 1.94. The number of aryl methyl sites for hydroxylation is 2. The van der Waals surface area contributed by atoms with Crippen LogP contribution in [0.4, 0.5) is 0 Å². The largest absolute Gasteiger partial charge is 0.311 e. The minimum absolute atomic E-state index is 0.0231. The number of thioether (sulfide) groups is 1. The lowest BCUT2D eigenvalue weighted by Gasteiger charge is -1.90. The Bertz CT molecular complexity index is 345. The summed E-state index contributed by atoms with van der Waals surface area (Å²) in [5.41, 5.74) is 2.68. The van der Waals surface area contributed by atoms with Gasteiger partial charge in [-0.05, 0) is 13.8 Å². The third kappa shape index (κ3) is 4.95. The van der Waals surface area contributed by atoms with Crippen LogP contribution in [0.1, 0.15) is 11.1 Å². The Hall–Kier alpha value is -0.870. The maximum absolute atomic E-state index is 10.2. The van der Waals surface area contributed by atoms with E-state index in [9.17, 15) is 4.79 Å². The molecule has 0 aliphatic carbocycles. The first-order chi connectivity index (χ1) is 7.08. The number of hydrogen-bond donors (Lipinski definition) is 1. The normalized spacial score (nSPS) is 14.3. The first-order valence-corrected chi connectivity index (χ1v) is 5.97. The van der Waals surface area contributed by atoms with Crippen LogP contribution in [-0.2, 0) is 4.79 Å². The molecule has 1 N–H and O–H groups in total. The smallest absolute Gasteiger partial charge is 0.235 e. The summed E-state index contributed by atoms with van der Waals surface area (Å²) >= 11 is 6.00. The van der Waals surface area contributed by atoms with Crippen LogP contribution in [0.15, 0.2) is 24.3 Å². The molecule has 1 aromatic rings. The molecule has 1 aliphatic rings. The van der Waals surface area contributed by atoms with Crippen LogP contribution >= 0.6 is 24.0 Å². The van der Waals surface area contributed by atoms with E-state index in [-0.39, 0.29) is 5.91 Å². The SMILES string of the molecule is Cc1cccc(C)c1.O=C1CSC(=S)N1. The quantitative estimate of drug-likeness (QED) is 0.705. The fraction of sp³-hybridized carbons (Fsp3) is 0.273. The fourth-order valence-electron chi connectivity index (χ4n) is 1.12. The maximum atomic E-state index is 10.2. The van der Waals surface area contributed by atoms with Gasteiger partial charge in [0.25, 0.3) is 0 Å². The van der Waals surface area contributed by atoms with Crippen LogP contribution in [0.25, 0.3) is 0 Å². The van der Waals surface area contributed by atoms with Gasteiger partial charge in [-0.3, -0.25) is 4.79 Å². The molecule has 2 rings (SSSR count). The number of benzene rings is 1. The lowest BCUT2D eigenvalue weighted by atomic mass is 10.2. The Morgan fingerprint density at radius 2 is 1.93 bits per heavy atom. The summed E-state index contributed by atoms with van der Waals surface area (Å²) in [6.45, 7) is 4.21. The van der Waals surface area contributed by atoms with Crippen molar-refractivity contribution in [2.45, 2.75) is 13.8 Å². The number of hydrogen-bond acceptors (Lipinski definition) is 3. The number of amides is 1. The Morgan fingerprint density at radius 3 is 2.13 bits per heavy atom. The molecule has 1 heterocycles. The molecule has 2 nitrogen and oxygen atoms in total. The molecular weight excluding hydrogens is 226 g/mol. The topological polar surface area (TPSA) is 29.1 Å². The van der Waals surface area contributed by atoms with Crippen LogP contribution in [0.2, 0.25) is 0 Å². The molecule has 15 heavy (non-hydrogen) atoms. The zero-order valence-corrected chi connectivity index (χ0v) is 10.4. The molecule has 0 unspecified atom stereocenters. The summed E-state index contributed by atoms with van der Waals surface area (Å²) in [7, 11) is 0. The molecule has 1 saturated heterocycles. The van der Waals surface area contributed by atoms with Crippen molar-refractivity contribution >= 4 is 34.2 Å². The van der Waals surface area contributed by atoms with E-state index in [4.69, 9.17) is 0 Å². The Labute approximate surface area is 99.4 Å². The van der Waals surface area contributed by atoms with Crippen molar-refractivity contribution in [1.82, 2.24) is 5.32 Å². The van der Waals surface area contributed by atoms with Crippen molar-refractivity contribution in [3.8, 4) is 0 Å². The van der Waals surface area contributed by atoms with Crippen LogP contribution in [0.5, 0.6) is 0 Å². The molecule has 4 heteroatoms. The molecule has 0 spiro atoms. The predicted molar refractivity (Wildman–Crippen MR) is 69.1 cm³/mol. The second kappa shape index (κ2) is 5.88. The van der Waals surface area contributed by atoms with Gasteiger partial charge in [0.05, 0.1) is 5.75 Å². The van der Waals surface area contributed by atoms with Crippen LogP contribution in [-0.4, -0.2) is 16.0 Å². The molecule has 0 atom stereocenters. The van der Waals surface area contributed by atoms with Crippen LogP contribution in [0.3, 0.4) is 0 Å². The van der Waals surface area contributed by atoms with Gasteiger partial charge < -0.3 is 5.32 Å². The molecule has 80 valence electrons. The second-order valence-corrected chi connectivity index (χ2v) is 4.93. The summed E-state index contributed by atoms with van der Waals surface area (Å²) in [6.07, 6.45) is 0. The maximum Gasteiger partial charge on any atom is 0.235 e. The first-order valence-electron chi connectivity index (χ1n) is 4.58. The monoisotopic (exact) mass is 239 g/mol. The Morgan fingerprint density at radius 1 is 1.33 bits per heavy atom.